The smallest absolute Gasteiger partial charge is 0.341 e. The summed E-state index contributed by atoms with van der Waals surface area (Å²) in [5, 5.41) is 0. The lowest BCUT2D eigenvalue weighted by Crippen LogP contribution is -2.43. The van der Waals surface area contributed by atoms with Crippen molar-refractivity contribution >= 4 is 33.6 Å². The van der Waals surface area contributed by atoms with Gasteiger partial charge in [-0.05, 0) is 35.4 Å². The highest BCUT2D eigenvalue weighted by Gasteiger charge is 2.53. The maximum atomic E-state index is 13.8. The molecule has 0 spiro atoms. The third kappa shape index (κ3) is 4.93. The van der Waals surface area contributed by atoms with E-state index in [2.05, 4.69) is 15.9 Å². The van der Waals surface area contributed by atoms with Gasteiger partial charge in [-0.15, -0.1) is 0 Å². The SMILES string of the molecule is O=C(C[C@H](c1ccc(Br)cc1)[C@@]1(Cc2ccccc2)N=C(c2ccccc2)OC1=O)c1ccccc1. The molecule has 0 radical (unpaired) electrons. The second kappa shape index (κ2) is 10.4. The van der Waals surface area contributed by atoms with E-state index < -0.39 is 17.4 Å². The Morgan fingerprint density at radius 2 is 1.39 bits per heavy atom. The molecule has 1 heterocycles. The number of Topliss-reactive ketones (excluding diaryl/α,β-unsaturated/α-hetero) is 1. The minimum Gasteiger partial charge on any atom is -0.405 e. The fourth-order valence-electron chi connectivity index (χ4n) is 4.68. The second-order valence-corrected chi connectivity index (χ2v) is 9.77. The van der Waals surface area contributed by atoms with Crippen LogP contribution < -0.4 is 0 Å². The van der Waals surface area contributed by atoms with Crippen LogP contribution in [0.4, 0.5) is 0 Å². The average Bonchev–Trinajstić information content (AvgIpc) is 3.25. The third-order valence-electron chi connectivity index (χ3n) is 6.52. The van der Waals surface area contributed by atoms with Crippen molar-refractivity contribution in [3.8, 4) is 0 Å². The van der Waals surface area contributed by atoms with Crippen LogP contribution in [0.5, 0.6) is 0 Å². The molecule has 0 saturated heterocycles. The van der Waals surface area contributed by atoms with E-state index in [-0.39, 0.29) is 18.1 Å². The molecule has 5 heteroatoms. The lowest BCUT2D eigenvalue weighted by molar-refractivity contribution is -0.139. The number of rotatable bonds is 8. The van der Waals surface area contributed by atoms with Crippen LogP contribution in [0, 0.1) is 0 Å². The normalized spacial score (nSPS) is 17.8. The van der Waals surface area contributed by atoms with Crippen molar-refractivity contribution < 1.29 is 14.3 Å². The Labute approximate surface area is 218 Å². The molecule has 5 rings (SSSR count). The summed E-state index contributed by atoms with van der Waals surface area (Å²) >= 11 is 3.50. The number of carbonyl (C=O) groups is 2. The molecular formula is C31H24BrNO3. The molecule has 1 aliphatic rings. The summed E-state index contributed by atoms with van der Waals surface area (Å²) in [4.78, 5) is 32.3. The van der Waals surface area contributed by atoms with E-state index in [0.29, 0.717) is 12.0 Å². The minimum atomic E-state index is -1.30. The van der Waals surface area contributed by atoms with Crippen LogP contribution >= 0.6 is 15.9 Å². The molecule has 0 fully saturated rings. The number of ether oxygens (including phenoxy) is 1. The molecule has 178 valence electrons. The number of aliphatic imine (C=N–C) groups is 1. The summed E-state index contributed by atoms with van der Waals surface area (Å²) in [5.74, 6) is -0.746. The van der Waals surface area contributed by atoms with Crippen LogP contribution in [0.2, 0.25) is 0 Å². The number of cyclic esters (lactones) is 1. The van der Waals surface area contributed by atoms with Crippen molar-refractivity contribution in [1.29, 1.82) is 0 Å². The first-order chi connectivity index (χ1) is 17.5. The molecular weight excluding hydrogens is 514 g/mol. The molecule has 4 aromatic carbocycles. The van der Waals surface area contributed by atoms with E-state index in [9.17, 15) is 9.59 Å². The van der Waals surface area contributed by atoms with Crippen molar-refractivity contribution in [2.45, 2.75) is 24.3 Å². The molecule has 0 bridgehead atoms. The Hall–Kier alpha value is -3.83. The van der Waals surface area contributed by atoms with Gasteiger partial charge in [-0.25, -0.2) is 9.79 Å². The molecule has 4 nitrogen and oxygen atoms in total. The summed E-state index contributed by atoms with van der Waals surface area (Å²) in [6.45, 7) is 0. The predicted octanol–water partition coefficient (Wildman–Crippen LogP) is 6.79. The molecule has 0 unspecified atom stereocenters. The highest BCUT2D eigenvalue weighted by atomic mass is 79.9. The lowest BCUT2D eigenvalue weighted by Gasteiger charge is -2.32. The fourth-order valence-corrected chi connectivity index (χ4v) is 4.94. The standard InChI is InChI=1S/C31H24BrNO3/c32-26-18-16-23(17-19-26)27(20-28(34)24-12-6-2-7-13-24)31(21-22-10-4-1-5-11-22)30(35)36-29(33-31)25-14-8-3-9-15-25/h1-19,27H,20-21H2/t27-,31-/m1/s1. The molecule has 0 aliphatic carbocycles. The first-order valence-corrected chi connectivity index (χ1v) is 12.6. The summed E-state index contributed by atoms with van der Waals surface area (Å²) in [5.41, 5.74) is 1.83. The van der Waals surface area contributed by atoms with E-state index in [1.54, 1.807) is 12.1 Å². The highest BCUT2D eigenvalue weighted by molar-refractivity contribution is 9.10. The number of benzene rings is 4. The van der Waals surface area contributed by atoms with Crippen LogP contribution in [-0.2, 0) is 16.0 Å². The van der Waals surface area contributed by atoms with Gasteiger partial charge >= 0.3 is 5.97 Å². The lowest BCUT2D eigenvalue weighted by atomic mass is 9.73. The maximum absolute atomic E-state index is 13.8. The van der Waals surface area contributed by atoms with E-state index in [1.165, 1.54) is 0 Å². The quantitative estimate of drug-likeness (QED) is 0.183. The van der Waals surface area contributed by atoms with Gasteiger partial charge in [-0.1, -0.05) is 107 Å². The molecule has 4 aromatic rings. The Morgan fingerprint density at radius 1 is 0.806 bits per heavy atom. The monoisotopic (exact) mass is 537 g/mol. The number of esters is 1. The van der Waals surface area contributed by atoms with Gasteiger partial charge in [-0.3, -0.25) is 4.79 Å². The topological polar surface area (TPSA) is 55.7 Å². The van der Waals surface area contributed by atoms with Crippen molar-refractivity contribution in [2.24, 2.45) is 4.99 Å². The molecule has 0 N–H and O–H groups in total. The number of hydrogen-bond donors (Lipinski definition) is 0. The number of hydrogen-bond acceptors (Lipinski definition) is 4. The van der Waals surface area contributed by atoms with E-state index >= 15 is 0 Å². The van der Waals surface area contributed by atoms with Gasteiger partial charge in [0.1, 0.15) is 0 Å². The fraction of sp³-hybridized carbons (Fsp3) is 0.129. The number of nitrogens with zero attached hydrogens (tertiary/aromatic N) is 1. The van der Waals surface area contributed by atoms with Crippen LogP contribution in [0.25, 0.3) is 0 Å². The van der Waals surface area contributed by atoms with Crippen LogP contribution in [-0.4, -0.2) is 23.2 Å². The first-order valence-electron chi connectivity index (χ1n) is 11.8. The highest BCUT2D eigenvalue weighted by Crippen LogP contribution is 2.43. The van der Waals surface area contributed by atoms with Gasteiger partial charge in [0.25, 0.3) is 0 Å². The number of ketones is 1. The molecule has 0 saturated carbocycles. The van der Waals surface area contributed by atoms with E-state index in [0.717, 1.165) is 21.2 Å². The Kier molecular flexibility index (Phi) is 6.92. The van der Waals surface area contributed by atoms with Crippen molar-refractivity contribution in [1.82, 2.24) is 0 Å². The Balaban J connectivity index is 1.66. The second-order valence-electron chi connectivity index (χ2n) is 8.86. The maximum Gasteiger partial charge on any atom is 0.341 e. The van der Waals surface area contributed by atoms with Crippen LogP contribution in [0.3, 0.4) is 0 Å². The molecule has 0 aromatic heterocycles. The molecule has 0 amide bonds. The van der Waals surface area contributed by atoms with E-state index in [4.69, 9.17) is 9.73 Å². The van der Waals surface area contributed by atoms with Gasteiger partial charge in [-0.2, -0.15) is 0 Å². The molecule has 36 heavy (non-hydrogen) atoms. The summed E-state index contributed by atoms with van der Waals surface area (Å²) < 4.78 is 6.76. The van der Waals surface area contributed by atoms with Crippen LogP contribution in [0.15, 0.2) is 125 Å². The third-order valence-corrected chi connectivity index (χ3v) is 7.04. The number of halogens is 1. The van der Waals surface area contributed by atoms with Gasteiger partial charge in [0.2, 0.25) is 5.90 Å². The number of carbonyl (C=O) groups excluding carboxylic acids is 2. The Bertz CT molecular complexity index is 1390. The zero-order chi connectivity index (χ0) is 25.0. The van der Waals surface area contributed by atoms with E-state index in [1.807, 2.05) is 103 Å². The van der Waals surface area contributed by atoms with Crippen LogP contribution in [0.1, 0.15) is 39.4 Å². The zero-order valence-electron chi connectivity index (χ0n) is 19.5. The summed E-state index contributed by atoms with van der Waals surface area (Å²) in [7, 11) is 0. The van der Waals surface area contributed by atoms with Gasteiger partial charge in [0, 0.05) is 34.4 Å². The van der Waals surface area contributed by atoms with Crippen molar-refractivity contribution in [3.63, 3.8) is 0 Å². The summed E-state index contributed by atoms with van der Waals surface area (Å²) in [6, 6.07) is 36.1. The Morgan fingerprint density at radius 3 is 2.03 bits per heavy atom. The van der Waals surface area contributed by atoms with Gasteiger partial charge in [0.05, 0.1) is 0 Å². The summed E-state index contributed by atoms with van der Waals surface area (Å²) in [6.07, 6.45) is 0.422. The average molecular weight is 538 g/mol. The molecule has 2 atom stereocenters. The largest absolute Gasteiger partial charge is 0.405 e. The van der Waals surface area contributed by atoms with Crippen molar-refractivity contribution in [2.75, 3.05) is 0 Å². The predicted molar refractivity (Wildman–Crippen MR) is 144 cm³/mol. The minimum absolute atomic E-state index is 0.0490. The van der Waals surface area contributed by atoms with Gasteiger partial charge < -0.3 is 4.74 Å². The van der Waals surface area contributed by atoms with Gasteiger partial charge in [0.15, 0.2) is 11.3 Å². The molecule has 1 aliphatic heterocycles. The van der Waals surface area contributed by atoms with Crippen molar-refractivity contribution in [3.05, 3.63) is 142 Å². The first kappa shape index (κ1) is 23.9. The zero-order valence-corrected chi connectivity index (χ0v) is 21.1.